The van der Waals surface area contributed by atoms with Crippen molar-refractivity contribution >= 4 is 45.5 Å². The van der Waals surface area contributed by atoms with Crippen molar-refractivity contribution in [2.24, 2.45) is 0 Å². The van der Waals surface area contributed by atoms with Crippen LogP contribution in [-0.4, -0.2) is 97.2 Å². The van der Waals surface area contributed by atoms with E-state index in [4.69, 9.17) is 29.5 Å². The van der Waals surface area contributed by atoms with Gasteiger partial charge in [-0.25, -0.2) is 19.6 Å². The Morgan fingerprint density at radius 3 is 2.58 bits per heavy atom. The third-order valence-electron chi connectivity index (χ3n) is 5.50. The Labute approximate surface area is 212 Å². The standard InChI is InChI=1S/C20H30N8OS.C2H2O4/c1-3-29-14-13-28-18-17(5-4-8-21-18)24-19(28)23-16-6-10-27(11-7-16)12-9-22-20-26-25-15(2)30-20;3-1(4)2(5)6/h4-5,8,16H,3,6-7,9-14H2,1-2H3,(H,22,26)(H,23,24);(H,3,4)(H,5,6). The van der Waals surface area contributed by atoms with E-state index in [1.165, 1.54) is 0 Å². The summed E-state index contributed by atoms with van der Waals surface area (Å²) in [5.74, 6) is -2.75. The van der Waals surface area contributed by atoms with Crippen LogP contribution in [0.4, 0.5) is 11.1 Å². The van der Waals surface area contributed by atoms with E-state index in [-0.39, 0.29) is 0 Å². The highest BCUT2D eigenvalue weighted by Gasteiger charge is 2.21. The van der Waals surface area contributed by atoms with E-state index in [1.54, 1.807) is 11.3 Å². The maximum atomic E-state index is 9.10. The van der Waals surface area contributed by atoms with Crippen LogP contribution in [0.25, 0.3) is 11.2 Å². The predicted octanol–water partition coefficient (Wildman–Crippen LogP) is 1.77. The van der Waals surface area contributed by atoms with E-state index in [2.05, 4.69) is 35.3 Å². The zero-order valence-corrected chi connectivity index (χ0v) is 21.2. The normalized spacial score (nSPS) is 14.3. The number of ether oxygens (including phenoxy) is 1. The van der Waals surface area contributed by atoms with Crippen LogP contribution in [0.3, 0.4) is 0 Å². The van der Waals surface area contributed by atoms with Crippen molar-refractivity contribution in [3.05, 3.63) is 23.3 Å². The van der Waals surface area contributed by atoms with Gasteiger partial charge in [0.05, 0.1) is 13.2 Å². The van der Waals surface area contributed by atoms with Crippen LogP contribution in [0.1, 0.15) is 24.8 Å². The Morgan fingerprint density at radius 2 is 1.94 bits per heavy atom. The molecule has 1 aliphatic rings. The van der Waals surface area contributed by atoms with Gasteiger partial charge >= 0.3 is 11.9 Å². The lowest BCUT2D eigenvalue weighted by Gasteiger charge is -2.32. The van der Waals surface area contributed by atoms with Gasteiger partial charge in [-0.15, -0.1) is 10.2 Å². The van der Waals surface area contributed by atoms with Crippen molar-refractivity contribution in [2.45, 2.75) is 39.3 Å². The van der Waals surface area contributed by atoms with Crippen LogP contribution in [0.2, 0.25) is 0 Å². The third kappa shape index (κ3) is 8.10. The third-order valence-corrected chi connectivity index (χ3v) is 6.30. The summed E-state index contributed by atoms with van der Waals surface area (Å²) in [5.41, 5.74) is 1.84. The number of imidazole rings is 1. The molecule has 3 aromatic heterocycles. The number of hydrogen-bond acceptors (Lipinski definition) is 11. The van der Waals surface area contributed by atoms with Gasteiger partial charge in [-0.2, -0.15) is 0 Å². The average Bonchev–Trinajstić information content (AvgIpc) is 3.43. The van der Waals surface area contributed by atoms with E-state index in [1.807, 2.05) is 32.2 Å². The molecular weight excluding hydrogens is 488 g/mol. The van der Waals surface area contributed by atoms with Crippen LogP contribution >= 0.6 is 11.3 Å². The zero-order chi connectivity index (χ0) is 25.9. The lowest BCUT2D eigenvalue weighted by molar-refractivity contribution is -0.159. The molecule has 1 saturated heterocycles. The van der Waals surface area contributed by atoms with Gasteiger partial charge in [0, 0.05) is 45.0 Å². The molecule has 0 amide bonds. The maximum Gasteiger partial charge on any atom is 0.414 e. The molecule has 13 nitrogen and oxygen atoms in total. The molecule has 0 aromatic carbocycles. The summed E-state index contributed by atoms with van der Waals surface area (Å²) in [6, 6.07) is 4.36. The number of aliphatic carboxylic acids is 2. The number of anilines is 2. The molecule has 0 bridgehead atoms. The molecule has 0 radical (unpaired) electrons. The summed E-state index contributed by atoms with van der Waals surface area (Å²) in [4.78, 5) is 30.0. The summed E-state index contributed by atoms with van der Waals surface area (Å²) in [6.45, 7) is 10.2. The second-order valence-corrected chi connectivity index (χ2v) is 9.24. The maximum absolute atomic E-state index is 9.10. The number of aryl methyl sites for hydroxylation is 1. The van der Waals surface area contributed by atoms with Crippen LogP contribution in [0.5, 0.6) is 0 Å². The highest BCUT2D eigenvalue weighted by Crippen LogP contribution is 2.21. The van der Waals surface area contributed by atoms with Gasteiger partial charge in [-0.05, 0) is 38.8 Å². The number of fused-ring (bicyclic) bond motifs is 1. The fourth-order valence-electron chi connectivity index (χ4n) is 3.75. The molecule has 4 rings (SSSR count). The van der Waals surface area contributed by atoms with Crippen molar-refractivity contribution in [3.63, 3.8) is 0 Å². The van der Waals surface area contributed by atoms with Crippen LogP contribution in [-0.2, 0) is 20.9 Å². The summed E-state index contributed by atoms with van der Waals surface area (Å²) in [5, 5.41) is 31.9. The number of carbonyl (C=O) groups is 2. The minimum atomic E-state index is -1.82. The molecule has 0 aliphatic carbocycles. The summed E-state index contributed by atoms with van der Waals surface area (Å²) in [6.07, 6.45) is 4.01. The van der Waals surface area contributed by atoms with Crippen LogP contribution in [0.15, 0.2) is 18.3 Å². The number of likely N-dealkylation sites (tertiary alicyclic amines) is 1. The number of hydrogen-bond donors (Lipinski definition) is 4. The highest BCUT2D eigenvalue weighted by molar-refractivity contribution is 7.15. The molecule has 1 aliphatic heterocycles. The van der Waals surface area contributed by atoms with Gasteiger partial charge in [0.1, 0.15) is 10.5 Å². The smallest absolute Gasteiger partial charge is 0.414 e. The zero-order valence-electron chi connectivity index (χ0n) is 20.4. The molecule has 36 heavy (non-hydrogen) atoms. The van der Waals surface area contributed by atoms with Gasteiger partial charge in [-0.1, -0.05) is 11.3 Å². The second kappa shape index (κ2) is 13.7. The fourth-order valence-corrected chi connectivity index (χ4v) is 4.37. The van der Waals surface area contributed by atoms with E-state index >= 15 is 0 Å². The summed E-state index contributed by atoms with van der Waals surface area (Å²) >= 11 is 1.60. The van der Waals surface area contributed by atoms with Gasteiger partial charge in [0.15, 0.2) is 5.65 Å². The van der Waals surface area contributed by atoms with E-state index < -0.39 is 11.9 Å². The molecule has 1 fully saturated rings. The molecule has 0 saturated carbocycles. The van der Waals surface area contributed by atoms with Crippen molar-refractivity contribution < 1.29 is 24.5 Å². The first kappa shape index (κ1) is 27.2. The molecule has 4 heterocycles. The molecular formula is C22H32N8O5S. The van der Waals surface area contributed by atoms with E-state index in [0.717, 1.165) is 79.4 Å². The molecule has 3 aromatic rings. The quantitative estimate of drug-likeness (QED) is 0.226. The lowest BCUT2D eigenvalue weighted by Crippen LogP contribution is -2.41. The largest absolute Gasteiger partial charge is 0.473 e. The van der Waals surface area contributed by atoms with Crippen molar-refractivity contribution in [2.75, 3.05) is 50.0 Å². The number of pyridine rings is 1. The number of carboxylic acids is 2. The van der Waals surface area contributed by atoms with Crippen LogP contribution < -0.4 is 10.6 Å². The first-order valence-electron chi connectivity index (χ1n) is 11.8. The number of rotatable bonds is 10. The minimum Gasteiger partial charge on any atom is -0.473 e. The first-order chi connectivity index (χ1) is 17.4. The number of nitrogens with zero attached hydrogens (tertiary/aromatic N) is 6. The Hall–Kier alpha value is -3.36. The SMILES string of the molecule is CCOCCn1c(NC2CCN(CCNc3nnc(C)s3)CC2)nc2cccnc21.O=C(O)C(=O)O. The molecule has 0 atom stereocenters. The monoisotopic (exact) mass is 520 g/mol. The van der Waals surface area contributed by atoms with Crippen LogP contribution in [0, 0.1) is 6.92 Å². The molecule has 0 spiro atoms. The Balaban J connectivity index is 0.000000538. The van der Waals surface area contributed by atoms with Gasteiger partial charge in [0.2, 0.25) is 11.1 Å². The predicted molar refractivity (Wildman–Crippen MR) is 136 cm³/mol. The van der Waals surface area contributed by atoms with E-state index in [0.29, 0.717) is 12.6 Å². The van der Waals surface area contributed by atoms with Crippen molar-refractivity contribution in [1.82, 2.24) is 29.6 Å². The second-order valence-electron chi connectivity index (χ2n) is 8.05. The van der Waals surface area contributed by atoms with Crippen molar-refractivity contribution in [1.29, 1.82) is 0 Å². The minimum absolute atomic E-state index is 0.419. The van der Waals surface area contributed by atoms with Gasteiger partial charge in [-0.3, -0.25) is 4.57 Å². The lowest BCUT2D eigenvalue weighted by atomic mass is 10.1. The van der Waals surface area contributed by atoms with Gasteiger partial charge < -0.3 is 30.5 Å². The number of nitrogens with one attached hydrogen (secondary N) is 2. The number of aromatic nitrogens is 5. The fraction of sp³-hybridized carbons (Fsp3) is 0.545. The topological polar surface area (TPSA) is 168 Å². The molecule has 14 heteroatoms. The average molecular weight is 521 g/mol. The molecule has 4 N–H and O–H groups in total. The number of piperidine rings is 1. The number of carboxylic acid groups (broad SMARTS) is 2. The summed E-state index contributed by atoms with van der Waals surface area (Å²) in [7, 11) is 0. The Bertz CT molecular complexity index is 1120. The summed E-state index contributed by atoms with van der Waals surface area (Å²) < 4.78 is 7.71. The Morgan fingerprint density at radius 1 is 1.19 bits per heavy atom. The van der Waals surface area contributed by atoms with E-state index in [9.17, 15) is 0 Å². The Kier molecular flexibility index (Phi) is 10.3. The molecule has 196 valence electrons. The molecule has 0 unspecified atom stereocenters. The first-order valence-corrected chi connectivity index (χ1v) is 12.6. The van der Waals surface area contributed by atoms with Crippen molar-refractivity contribution in [3.8, 4) is 0 Å². The van der Waals surface area contributed by atoms with Gasteiger partial charge in [0.25, 0.3) is 0 Å². The highest BCUT2D eigenvalue weighted by atomic mass is 32.1.